The molecule has 0 unspecified atom stereocenters. The Bertz CT molecular complexity index is 867. The van der Waals surface area contributed by atoms with Crippen LogP contribution >= 0.6 is 0 Å². The quantitative estimate of drug-likeness (QED) is 0.659. The van der Waals surface area contributed by atoms with Gasteiger partial charge in [-0.1, -0.05) is 13.8 Å². The van der Waals surface area contributed by atoms with Crippen LogP contribution in [0.4, 0.5) is 5.69 Å². The fourth-order valence-electron chi connectivity index (χ4n) is 2.51. The molecule has 0 atom stereocenters. The van der Waals surface area contributed by atoms with Crippen LogP contribution in [-0.4, -0.2) is 24.9 Å². The Morgan fingerprint density at radius 3 is 2.39 bits per heavy atom. The molecule has 0 aliphatic rings. The standard InChI is InChI=1S/C22H24N2O4/c1-4-27-21-12-16(13-23)5-10-20(21)28-14-19(25)17-6-8-18(9-7-17)24-22(26)11-15(2)3/h5-10,12,15H,4,11,14H2,1-3H3,(H,24,26). The lowest BCUT2D eigenvalue weighted by molar-refractivity contribution is -0.116. The summed E-state index contributed by atoms with van der Waals surface area (Å²) >= 11 is 0. The highest BCUT2D eigenvalue weighted by atomic mass is 16.5. The maximum atomic E-state index is 12.4. The zero-order valence-electron chi connectivity index (χ0n) is 16.3. The minimum Gasteiger partial charge on any atom is -0.490 e. The van der Waals surface area contributed by atoms with Gasteiger partial charge in [0.15, 0.2) is 23.9 Å². The van der Waals surface area contributed by atoms with E-state index in [1.54, 1.807) is 42.5 Å². The molecule has 0 fully saturated rings. The van der Waals surface area contributed by atoms with Gasteiger partial charge in [-0.15, -0.1) is 0 Å². The van der Waals surface area contributed by atoms with Crippen LogP contribution in [0.25, 0.3) is 0 Å². The van der Waals surface area contributed by atoms with Gasteiger partial charge in [0.25, 0.3) is 0 Å². The number of hydrogen-bond acceptors (Lipinski definition) is 5. The number of nitriles is 1. The maximum absolute atomic E-state index is 12.4. The molecule has 0 radical (unpaired) electrons. The number of ketones is 1. The molecule has 28 heavy (non-hydrogen) atoms. The van der Waals surface area contributed by atoms with E-state index in [9.17, 15) is 9.59 Å². The van der Waals surface area contributed by atoms with Gasteiger partial charge in [-0.3, -0.25) is 9.59 Å². The van der Waals surface area contributed by atoms with Crippen molar-refractivity contribution in [2.24, 2.45) is 5.92 Å². The van der Waals surface area contributed by atoms with Crippen molar-refractivity contribution in [2.75, 3.05) is 18.5 Å². The topological polar surface area (TPSA) is 88.4 Å². The minimum absolute atomic E-state index is 0.0540. The van der Waals surface area contributed by atoms with Crippen molar-refractivity contribution in [1.82, 2.24) is 0 Å². The summed E-state index contributed by atoms with van der Waals surface area (Å²) in [7, 11) is 0. The van der Waals surface area contributed by atoms with E-state index in [0.717, 1.165) is 0 Å². The number of amides is 1. The van der Waals surface area contributed by atoms with Crippen molar-refractivity contribution in [3.63, 3.8) is 0 Å². The average Bonchev–Trinajstić information content (AvgIpc) is 2.66. The molecular formula is C22H24N2O4. The Hall–Kier alpha value is -3.33. The van der Waals surface area contributed by atoms with Crippen molar-refractivity contribution >= 4 is 17.4 Å². The van der Waals surface area contributed by atoms with Gasteiger partial charge >= 0.3 is 0 Å². The first-order chi connectivity index (χ1) is 13.4. The molecule has 146 valence electrons. The van der Waals surface area contributed by atoms with Crippen LogP contribution in [0.5, 0.6) is 11.5 Å². The molecule has 0 saturated heterocycles. The minimum atomic E-state index is -0.202. The van der Waals surface area contributed by atoms with E-state index in [0.29, 0.717) is 41.3 Å². The number of hydrogen-bond donors (Lipinski definition) is 1. The number of carbonyl (C=O) groups is 2. The predicted molar refractivity (Wildman–Crippen MR) is 107 cm³/mol. The molecule has 1 amide bonds. The predicted octanol–water partition coefficient (Wildman–Crippen LogP) is 4.20. The van der Waals surface area contributed by atoms with Crippen LogP contribution in [0.15, 0.2) is 42.5 Å². The second kappa shape index (κ2) is 10.1. The van der Waals surface area contributed by atoms with Crippen LogP contribution in [0.2, 0.25) is 0 Å². The molecule has 0 aliphatic heterocycles. The second-order valence-corrected chi connectivity index (χ2v) is 6.64. The number of anilines is 1. The number of nitrogens with one attached hydrogen (secondary N) is 1. The third-order valence-electron chi connectivity index (χ3n) is 3.82. The maximum Gasteiger partial charge on any atom is 0.224 e. The van der Waals surface area contributed by atoms with Crippen LogP contribution in [-0.2, 0) is 4.79 Å². The van der Waals surface area contributed by atoms with E-state index in [2.05, 4.69) is 5.32 Å². The molecule has 0 spiro atoms. The molecular weight excluding hydrogens is 356 g/mol. The lowest BCUT2D eigenvalue weighted by Gasteiger charge is -2.12. The second-order valence-electron chi connectivity index (χ2n) is 6.64. The third-order valence-corrected chi connectivity index (χ3v) is 3.82. The van der Waals surface area contributed by atoms with Gasteiger partial charge in [-0.25, -0.2) is 0 Å². The highest BCUT2D eigenvalue weighted by Crippen LogP contribution is 2.28. The first-order valence-corrected chi connectivity index (χ1v) is 9.15. The lowest BCUT2D eigenvalue weighted by atomic mass is 10.1. The zero-order valence-corrected chi connectivity index (χ0v) is 16.3. The fraction of sp³-hybridized carbons (Fsp3) is 0.318. The van der Waals surface area contributed by atoms with Crippen molar-refractivity contribution in [3.05, 3.63) is 53.6 Å². The normalized spacial score (nSPS) is 10.2. The zero-order chi connectivity index (χ0) is 20.5. The Morgan fingerprint density at radius 2 is 1.79 bits per heavy atom. The fourth-order valence-corrected chi connectivity index (χ4v) is 2.51. The molecule has 0 heterocycles. The number of benzene rings is 2. The number of nitrogens with zero attached hydrogens (tertiary/aromatic N) is 1. The van der Waals surface area contributed by atoms with E-state index in [-0.39, 0.29) is 24.2 Å². The number of Topliss-reactive ketones (excluding diaryl/α,β-unsaturated/α-hetero) is 1. The van der Waals surface area contributed by atoms with E-state index in [4.69, 9.17) is 14.7 Å². The number of ether oxygens (including phenoxy) is 2. The van der Waals surface area contributed by atoms with Gasteiger partial charge < -0.3 is 14.8 Å². The summed E-state index contributed by atoms with van der Waals surface area (Å²) in [5.74, 6) is 0.861. The molecule has 2 rings (SSSR count). The summed E-state index contributed by atoms with van der Waals surface area (Å²) in [6.45, 7) is 6.04. The molecule has 6 nitrogen and oxygen atoms in total. The molecule has 0 aromatic heterocycles. The van der Waals surface area contributed by atoms with Gasteiger partial charge in [0, 0.05) is 23.7 Å². The van der Waals surface area contributed by atoms with Crippen molar-refractivity contribution < 1.29 is 19.1 Å². The van der Waals surface area contributed by atoms with Gasteiger partial charge in [0.2, 0.25) is 5.91 Å². The van der Waals surface area contributed by atoms with Gasteiger partial charge in [0.05, 0.1) is 18.2 Å². The molecule has 2 aromatic carbocycles. The van der Waals surface area contributed by atoms with E-state index in [1.165, 1.54) is 0 Å². The van der Waals surface area contributed by atoms with E-state index < -0.39 is 0 Å². The van der Waals surface area contributed by atoms with E-state index in [1.807, 2.05) is 26.8 Å². The van der Waals surface area contributed by atoms with Crippen LogP contribution in [0, 0.1) is 17.2 Å². The molecule has 0 bridgehead atoms. The van der Waals surface area contributed by atoms with Crippen LogP contribution in [0.1, 0.15) is 43.1 Å². The Balaban J connectivity index is 1.98. The highest BCUT2D eigenvalue weighted by molar-refractivity contribution is 5.98. The largest absolute Gasteiger partial charge is 0.490 e. The summed E-state index contributed by atoms with van der Waals surface area (Å²) < 4.78 is 11.1. The Labute approximate surface area is 165 Å². The van der Waals surface area contributed by atoms with Gasteiger partial charge in [-0.05, 0) is 49.2 Å². The first-order valence-electron chi connectivity index (χ1n) is 9.15. The van der Waals surface area contributed by atoms with Crippen molar-refractivity contribution in [2.45, 2.75) is 27.2 Å². The van der Waals surface area contributed by atoms with Crippen LogP contribution in [0.3, 0.4) is 0 Å². The molecule has 0 aliphatic carbocycles. The summed E-state index contributed by atoms with van der Waals surface area (Å²) in [5.41, 5.74) is 1.58. The van der Waals surface area contributed by atoms with Crippen molar-refractivity contribution in [1.29, 1.82) is 5.26 Å². The Kier molecular flexibility index (Phi) is 7.58. The summed E-state index contributed by atoms with van der Waals surface area (Å²) in [4.78, 5) is 24.2. The highest BCUT2D eigenvalue weighted by Gasteiger charge is 2.12. The van der Waals surface area contributed by atoms with Gasteiger partial charge in [0.1, 0.15) is 0 Å². The molecule has 6 heteroatoms. The number of carbonyl (C=O) groups excluding carboxylic acids is 2. The first kappa shape index (κ1) is 21.0. The lowest BCUT2D eigenvalue weighted by Crippen LogP contribution is -2.14. The van der Waals surface area contributed by atoms with Crippen LogP contribution < -0.4 is 14.8 Å². The average molecular weight is 380 g/mol. The van der Waals surface area contributed by atoms with E-state index >= 15 is 0 Å². The Morgan fingerprint density at radius 1 is 1.07 bits per heavy atom. The SMILES string of the molecule is CCOc1cc(C#N)ccc1OCC(=O)c1ccc(NC(=O)CC(C)C)cc1. The molecule has 2 aromatic rings. The molecule has 0 saturated carbocycles. The monoisotopic (exact) mass is 380 g/mol. The van der Waals surface area contributed by atoms with Gasteiger partial charge in [-0.2, -0.15) is 5.26 Å². The smallest absolute Gasteiger partial charge is 0.224 e. The summed E-state index contributed by atoms with van der Waals surface area (Å²) in [5, 5.41) is 11.8. The summed E-state index contributed by atoms with van der Waals surface area (Å²) in [6, 6.07) is 13.5. The summed E-state index contributed by atoms with van der Waals surface area (Å²) in [6.07, 6.45) is 0.446. The molecule has 1 N–H and O–H groups in total. The number of rotatable bonds is 9. The van der Waals surface area contributed by atoms with Crippen molar-refractivity contribution in [3.8, 4) is 17.6 Å². The third kappa shape index (κ3) is 6.13.